The van der Waals surface area contributed by atoms with E-state index in [0.717, 1.165) is 0 Å². The number of nitrogens with zero attached hydrogens (tertiary/aromatic N) is 1. The molecule has 2 rings (SSSR count). The third kappa shape index (κ3) is 6.43. The predicted octanol–water partition coefficient (Wildman–Crippen LogP) is 3.79. The molecule has 2 aromatic rings. The molecular formula is C22H31N3O5S. The number of primary sulfonamides is 1. The Kier molecular flexibility index (Phi) is 8.43. The minimum atomic E-state index is -4.30. The number of hydrogen-bond donors (Lipinski definition) is 2. The number of anilines is 1. The second-order valence-electron chi connectivity index (χ2n) is 7.46. The van der Waals surface area contributed by atoms with E-state index >= 15 is 0 Å². The number of hydrogen-bond acceptors (Lipinski definition) is 7. The van der Waals surface area contributed by atoms with Crippen molar-refractivity contribution in [2.24, 2.45) is 5.14 Å². The van der Waals surface area contributed by atoms with Gasteiger partial charge in [-0.2, -0.15) is 0 Å². The number of nitrogens with two attached hydrogens (primary N) is 1. The van der Waals surface area contributed by atoms with Crippen molar-refractivity contribution >= 4 is 21.7 Å². The summed E-state index contributed by atoms with van der Waals surface area (Å²) >= 11 is 0. The first-order valence-corrected chi connectivity index (χ1v) is 11.7. The van der Waals surface area contributed by atoms with Gasteiger partial charge >= 0.3 is 5.97 Å². The fourth-order valence-corrected chi connectivity index (χ4v) is 3.85. The zero-order valence-corrected chi connectivity index (χ0v) is 19.4. The number of carbonyl (C=O) groups is 1. The lowest BCUT2D eigenvalue weighted by atomic mass is 10.1. The van der Waals surface area contributed by atoms with Gasteiger partial charge in [0.1, 0.15) is 10.6 Å². The van der Waals surface area contributed by atoms with Crippen molar-refractivity contribution in [3.63, 3.8) is 0 Å². The highest BCUT2D eigenvalue weighted by Crippen LogP contribution is 2.38. The van der Waals surface area contributed by atoms with Crippen molar-refractivity contribution in [1.29, 1.82) is 0 Å². The van der Waals surface area contributed by atoms with E-state index in [4.69, 9.17) is 14.6 Å². The molecule has 31 heavy (non-hydrogen) atoms. The predicted molar refractivity (Wildman–Crippen MR) is 121 cm³/mol. The van der Waals surface area contributed by atoms with E-state index in [1.165, 1.54) is 6.07 Å². The number of sulfonamides is 1. The minimum Gasteiger partial charge on any atom is -0.455 e. The summed E-state index contributed by atoms with van der Waals surface area (Å²) < 4.78 is 36.7. The number of para-hydroxylation sites is 1. The van der Waals surface area contributed by atoms with Gasteiger partial charge in [0, 0.05) is 6.04 Å². The molecule has 0 aliphatic rings. The van der Waals surface area contributed by atoms with E-state index in [1.54, 1.807) is 49.3 Å². The second-order valence-corrected chi connectivity index (χ2v) is 8.96. The Hall–Kier alpha value is -2.62. The van der Waals surface area contributed by atoms with Gasteiger partial charge < -0.3 is 14.8 Å². The summed E-state index contributed by atoms with van der Waals surface area (Å²) in [6.07, 6.45) is 0.741. The van der Waals surface area contributed by atoms with Crippen LogP contribution in [0.15, 0.2) is 47.4 Å². The van der Waals surface area contributed by atoms with Gasteiger partial charge in [0.25, 0.3) is 0 Å². The van der Waals surface area contributed by atoms with E-state index in [9.17, 15) is 13.2 Å². The molecule has 0 aliphatic carbocycles. The number of rotatable bonds is 10. The monoisotopic (exact) mass is 449 g/mol. The maximum Gasteiger partial charge on any atom is 0.341 e. The van der Waals surface area contributed by atoms with E-state index in [1.807, 2.05) is 26.8 Å². The van der Waals surface area contributed by atoms with E-state index in [2.05, 4.69) is 5.32 Å². The van der Waals surface area contributed by atoms with Crippen molar-refractivity contribution in [3.8, 4) is 11.5 Å². The molecule has 0 radical (unpaired) electrons. The van der Waals surface area contributed by atoms with Crippen molar-refractivity contribution in [1.82, 2.24) is 4.90 Å². The Bertz CT molecular complexity index is 994. The fourth-order valence-electron chi connectivity index (χ4n) is 2.95. The van der Waals surface area contributed by atoms with E-state index < -0.39 is 22.2 Å². The van der Waals surface area contributed by atoms with Crippen LogP contribution in [0.5, 0.6) is 11.5 Å². The average molecular weight is 450 g/mol. The summed E-state index contributed by atoms with van der Waals surface area (Å²) in [7, 11) is -0.752. The molecule has 0 saturated carbocycles. The molecule has 0 amide bonds. The van der Waals surface area contributed by atoms with Gasteiger partial charge in [-0.25, -0.2) is 18.4 Å². The van der Waals surface area contributed by atoms with Crippen LogP contribution in [-0.4, -0.2) is 45.7 Å². The third-order valence-corrected chi connectivity index (χ3v) is 5.76. The second kappa shape index (κ2) is 10.6. The quantitative estimate of drug-likeness (QED) is 0.419. The molecule has 2 atom stereocenters. The zero-order valence-electron chi connectivity index (χ0n) is 18.6. The Labute approximate surface area is 184 Å². The molecule has 8 nitrogen and oxygen atoms in total. The molecule has 0 heterocycles. The third-order valence-electron chi connectivity index (χ3n) is 4.77. The van der Waals surface area contributed by atoms with Gasteiger partial charge in [0.05, 0.1) is 11.3 Å². The zero-order chi connectivity index (χ0) is 23.2. The Balaban J connectivity index is 2.64. The normalized spacial score (nSPS) is 13.5. The van der Waals surface area contributed by atoms with Gasteiger partial charge in [-0.05, 0) is 58.1 Å². The SMILES string of the molecule is CCC(C)Nc1c(Oc2ccccc2)ccc(C(=O)OC(CC)N(C)C)c1S(N)(=O)=O. The lowest BCUT2D eigenvalue weighted by molar-refractivity contribution is -0.0159. The molecule has 0 spiro atoms. The lowest BCUT2D eigenvalue weighted by Crippen LogP contribution is -2.33. The molecule has 0 fully saturated rings. The van der Waals surface area contributed by atoms with Crippen LogP contribution >= 0.6 is 0 Å². The largest absolute Gasteiger partial charge is 0.455 e. The highest BCUT2D eigenvalue weighted by molar-refractivity contribution is 7.89. The molecule has 9 heteroatoms. The molecule has 0 aromatic heterocycles. The van der Waals surface area contributed by atoms with Gasteiger partial charge in [-0.15, -0.1) is 0 Å². The van der Waals surface area contributed by atoms with Gasteiger partial charge in [-0.3, -0.25) is 4.90 Å². The number of esters is 1. The minimum absolute atomic E-state index is 0.102. The van der Waals surface area contributed by atoms with Crippen molar-refractivity contribution in [3.05, 3.63) is 48.0 Å². The van der Waals surface area contributed by atoms with Crippen LogP contribution < -0.4 is 15.2 Å². The Morgan fingerprint density at radius 1 is 1.10 bits per heavy atom. The first-order valence-electron chi connectivity index (χ1n) is 10.1. The molecule has 2 unspecified atom stereocenters. The Morgan fingerprint density at radius 3 is 2.26 bits per heavy atom. The van der Waals surface area contributed by atoms with E-state index in [-0.39, 0.29) is 27.9 Å². The average Bonchev–Trinajstić information content (AvgIpc) is 2.72. The summed E-state index contributed by atoms with van der Waals surface area (Å²) in [6, 6.07) is 11.7. The maximum atomic E-state index is 12.9. The topological polar surface area (TPSA) is 111 Å². The van der Waals surface area contributed by atoms with Crippen molar-refractivity contribution in [2.45, 2.75) is 50.8 Å². The highest BCUT2D eigenvalue weighted by atomic mass is 32.2. The summed E-state index contributed by atoms with van der Waals surface area (Å²) in [5, 5.41) is 8.70. The molecule has 2 aromatic carbocycles. The summed E-state index contributed by atoms with van der Waals surface area (Å²) in [5.74, 6) is -0.0150. The number of benzene rings is 2. The van der Waals surface area contributed by atoms with Gasteiger partial charge in [0.2, 0.25) is 10.0 Å². The lowest BCUT2D eigenvalue weighted by Gasteiger charge is -2.25. The Morgan fingerprint density at radius 2 is 1.74 bits per heavy atom. The molecule has 170 valence electrons. The highest BCUT2D eigenvalue weighted by Gasteiger charge is 2.29. The van der Waals surface area contributed by atoms with Crippen LogP contribution in [0.1, 0.15) is 44.0 Å². The summed E-state index contributed by atoms with van der Waals surface area (Å²) in [5.41, 5.74) is -0.0120. The van der Waals surface area contributed by atoms with E-state index in [0.29, 0.717) is 18.6 Å². The molecule has 3 N–H and O–H groups in total. The molecule has 0 saturated heterocycles. The van der Waals surface area contributed by atoms with Crippen LogP contribution in [-0.2, 0) is 14.8 Å². The number of ether oxygens (including phenoxy) is 2. The number of nitrogens with one attached hydrogen (secondary N) is 1. The van der Waals surface area contributed by atoms with Gasteiger partial charge in [-0.1, -0.05) is 32.0 Å². The first-order chi connectivity index (χ1) is 14.6. The van der Waals surface area contributed by atoms with Gasteiger partial charge in [0.15, 0.2) is 12.0 Å². The molecule has 0 bridgehead atoms. The molecular weight excluding hydrogens is 418 g/mol. The summed E-state index contributed by atoms with van der Waals surface area (Å²) in [4.78, 5) is 14.3. The smallest absolute Gasteiger partial charge is 0.341 e. The first kappa shape index (κ1) is 24.6. The maximum absolute atomic E-state index is 12.9. The van der Waals surface area contributed by atoms with Crippen LogP contribution in [0.4, 0.5) is 5.69 Å². The van der Waals surface area contributed by atoms with Crippen LogP contribution in [0.3, 0.4) is 0 Å². The van der Waals surface area contributed by atoms with Crippen LogP contribution in [0.2, 0.25) is 0 Å². The fraction of sp³-hybridized carbons (Fsp3) is 0.409. The molecule has 0 aliphatic heterocycles. The van der Waals surface area contributed by atoms with Crippen molar-refractivity contribution < 1.29 is 22.7 Å². The van der Waals surface area contributed by atoms with Crippen LogP contribution in [0.25, 0.3) is 0 Å². The standard InChI is InChI=1S/C22H31N3O5S/c1-6-15(3)24-20-18(29-16-11-9-8-10-12-16)14-13-17(21(20)31(23,27)28)22(26)30-19(7-2)25(4)5/h8-15,19,24H,6-7H2,1-5H3,(H2,23,27,28). The number of carbonyl (C=O) groups excluding carboxylic acids is 1. The van der Waals surface area contributed by atoms with Crippen molar-refractivity contribution in [2.75, 3.05) is 19.4 Å². The summed E-state index contributed by atoms with van der Waals surface area (Å²) in [6.45, 7) is 5.71. The van der Waals surface area contributed by atoms with Crippen LogP contribution in [0, 0.1) is 0 Å².